The van der Waals surface area contributed by atoms with Crippen LogP contribution >= 0.6 is 0 Å². The molecule has 2 N–H and O–H groups in total. The molecule has 0 atom stereocenters. The Kier molecular flexibility index (Phi) is 6.49. The molecule has 1 aliphatic heterocycles. The van der Waals surface area contributed by atoms with Gasteiger partial charge in [-0.15, -0.1) is 0 Å². The van der Waals surface area contributed by atoms with Crippen LogP contribution in [-0.2, 0) is 9.59 Å². The lowest BCUT2D eigenvalue weighted by atomic mass is 9.81. The van der Waals surface area contributed by atoms with Crippen molar-refractivity contribution in [3.05, 3.63) is 0 Å². The van der Waals surface area contributed by atoms with Crippen LogP contribution in [0.5, 0.6) is 0 Å². The van der Waals surface area contributed by atoms with Crippen LogP contribution < -0.4 is 10.6 Å². The van der Waals surface area contributed by atoms with Gasteiger partial charge in [0.1, 0.15) is 0 Å². The highest BCUT2D eigenvalue weighted by atomic mass is 16.2. The van der Waals surface area contributed by atoms with Crippen LogP contribution in [0, 0.1) is 11.8 Å². The Balaban J connectivity index is 1.70. The van der Waals surface area contributed by atoms with E-state index in [4.69, 9.17) is 0 Å². The van der Waals surface area contributed by atoms with Crippen LogP contribution in [0.4, 0.5) is 0 Å². The molecule has 5 nitrogen and oxygen atoms in total. The van der Waals surface area contributed by atoms with Gasteiger partial charge in [-0.25, -0.2) is 0 Å². The molecular formula is C16H29N3O2. The van der Waals surface area contributed by atoms with E-state index >= 15 is 0 Å². The van der Waals surface area contributed by atoms with Crippen molar-refractivity contribution in [2.45, 2.75) is 45.4 Å². The predicted molar refractivity (Wildman–Crippen MR) is 82.8 cm³/mol. The highest BCUT2D eigenvalue weighted by Gasteiger charge is 2.24. The lowest BCUT2D eigenvalue weighted by Gasteiger charge is -2.28. The first kappa shape index (κ1) is 16.3. The van der Waals surface area contributed by atoms with E-state index in [1.54, 1.807) is 4.90 Å². The Morgan fingerprint density at radius 3 is 2.52 bits per heavy atom. The highest BCUT2D eigenvalue weighted by molar-refractivity contribution is 6.35. The summed E-state index contributed by atoms with van der Waals surface area (Å²) in [5.74, 6) is 0.633. The standard InChI is InChI=1S/C16H29N3O2/c1-2-13-4-6-14(7-5-13)12-18-15(20)16(21)19-10-3-8-17-9-11-19/h13-14,17H,2-12H2,1H3,(H,18,20). The summed E-state index contributed by atoms with van der Waals surface area (Å²) in [6.45, 7) is 5.93. The molecule has 0 aromatic heterocycles. The highest BCUT2D eigenvalue weighted by Crippen LogP contribution is 2.30. The molecule has 120 valence electrons. The van der Waals surface area contributed by atoms with Gasteiger partial charge in [-0.05, 0) is 37.6 Å². The molecule has 0 bridgehead atoms. The molecule has 0 aromatic rings. The summed E-state index contributed by atoms with van der Waals surface area (Å²) in [6, 6.07) is 0. The molecule has 21 heavy (non-hydrogen) atoms. The maximum atomic E-state index is 12.1. The summed E-state index contributed by atoms with van der Waals surface area (Å²) < 4.78 is 0. The van der Waals surface area contributed by atoms with Gasteiger partial charge in [0, 0.05) is 26.2 Å². The second kappa shape index (κ2) is 8.37. The van der Waals surface area contributed by atoms with E-state index < -0.39 is 5.91 Å². The third-order valence-corrected chi connectivity index (χ3v) is 4.92. The molecule has 2 aliphatic rings. The van der Waals surface area contributed by atoms with Crippen molar-refractivity contribution in [1.82, 2.24) is 15.5 Å². The fourth-order valence-corrected chi connectivity index (χ4v) is 3.35. The SMILES string of the molecule is CCC1CCC(CNC(=O)C(=O)N2CCCNCC2)CC1. The molecule has 1 saturated carbocycles. The zero-order valence-corrected chi connectivity index (χ0v) is 13.2. The minimum absolute atomic E-state index is 0.360. The van der Waals surface area contributed by atoms with E-state index in [0.717, 1.165) is 25.4 Å². The lowest BCUT2D eigenvalue weighted by molar-refractivity contribution is -0.145. The van der Waals surface area contributed by atoms with E-state index in [0.29, 0.717) is 25.6 Å². The lowest BCUT2D eigenvalue weighted by Crippen LogP contribution is -2.45. The largest absolute Gasteiger partial charge is 0.348 e. The molecule has 2 fully saturated rings. The minimum atomic E-state index is -0.422. The summed E-state index contributed by atoms with van der Waals surface area (Å²) in [4.78, 5) is 25.8. The van der Waals surface area contributed by atoms with Crippen LogP contribution in [0.1, 0.15) is 45.4 Å². The van der Waals surface area contributed by atoms with E-state index in [9.17, 15) is 9.59 Å². The quantitative estimate of drug-likeness (QED) is 0.768. The monoisotopic (exact) mass is 295 g/mol. The molecule has 1 saturated heterocycles. The number of hydrogen-bond donors (Lipinski definition) is 2. The average molecular weight is 295 g/mol. The second-order valence-electron chi connectivity index (χ2n) is 6.40. The Morgan fingerprint density at radius 2 is 1.81 bits per heavy atom. The van der Waals surface area contributed by atoms with Crippen LogP contribution in [-0.4, -0.2) is 49.4 Å². The van der Waals surface area contributed by atoms with Crippen molar-refractivity contribution in [1.29, 1.82) is 0 Å². The van der Waals surface area contributed by atoms with Gasteiger partial charge in [0.25, 0.3) is 0 Å². The minimum Gasteiger partial charge on any atom is -0.348 e. The number of amides is 2. The van der Waals surface area contributed by atoms with Crippen LogP contribution in [0.2, 0.25) is 0 Å². The Labute approximate surface area is 127 Å². The van der Waals surface area contributed by atoms with Crippen LogP contribution in [0.3, 0.4) is 0 Å². The van der Waals surface area contributed by atoms with Gasteiger partial charge in [0.05, 0.1) is 0 Å². The first-order valence-corrected chi connectivity index (χ1v) is 8.48. The topological polar surface area (TPSA) is 61.4 Å². The summed E-state index contributed by atoms with van der Waals surface area (Å²) in [5.41, 5.74) is 0. The van der Waals surface area contributed by atoms with Gasteiger partial charge in [0.2, 0.25) is 0 Å². The van der Waals surface area contributed by atoms with Gasteiger partial charge in [-0.1, -0.05) is 26.2 Å². The number of rotatable bonds is 3. The van der Waals surface area contributed by atoms with Gasteiger partial charge in [0.15, 0.2) is 0 Å². The zero-order valence-electron chi connectivity index (χ0n) is 13.2. The second-order valence-corrected chi connectivity index (χ2v) is 6.40. The molecule has 0 unspecified atom stereocenters. The maximum Gasteiger partial charge on any atom is 0.311 e. The molecule has 0 aromatic carbocycles. The van der Waals surface area contributed by atoms with Crippen LogP contribution in [0.25, 0.3) is 0 Å². The molecule has 5 heteroatoms. The third kappa shape index (κ3) is 4.99. The third-order valence-electron chi connectivity index (χ3n) is 4.92. The van der Waals surface area contributed by atoms with Crippen molar-refractivity contribution in [3.63, 3.8) is 0 Å². The number of carbonyl (C=O) groups excluding carboxylic acids is 2. The first-order valence-electron chi connectivity index (χ1n) is 8.48. The number of carbonyl (C=O) groups is 2. The van der Waals surface area contributed by atoms with Crippen LogP contribution in [0.15, 0.2) is 0 Å². The molecule has 1 heterocycles. The van der Waals surface area contributed by atoms with Gasteiger partial charge in [-0.3, -0.25) is 9.59 Å². The first-order chi connectivity index (χ1) is 10.2. The molecular weight excluding hydrogens is 266 g/mol. The Bertz CT molecular complexity index is 343. The van der Waals surface area contributed by atoms with Crippen molar-refractivity contribution in [2.24, 2.45) is 11.8 Å². The fourth-order valence-electron chi connectivity index (χ4n) is 3.35. The molecule has 0 radical (unpaired) electrons. The summed E-state index contributed by atoms with van der Waals surface area (Å²) >= 11 is 0. The normalized spacial score (nSPS) is 27.0. The van der Waals surface area contributed by atoms with Crippen molar-refractivity contribution < 1.29 is 9.59 Å². The Hall–Kier alpha value is -1.10. The summed E-state index contributed by atoms with van der Waals surface area (Å²) in [6.07, 6.45) is 7.08. The van der Waals surface area contributed by atoms with Gasteiger partial charge < -0.3 is 15.5 Å². The van der Waals surface area contributed by atoms with Crippen molar-refractivity contribution >= 4 is 11.8 Å². The van der Waals surface area contributed by atoms with Crippen molar-refractivity contribution in [3.8, 4) is 0 Å². The molecule has 1 aliphatic carbocycles. The van der Waals surface area contributed by atoms with E-state index in [-0.39, 0.29) is 5.91 Å². The van der Waals surface area contributed by atoms with E-state index in [1.165, 1.54) is 32.1 Å². The van der Waals surface area contributed by atoms with E-state index in [2.05, 4.69) is 17.6 Å². The van der Waals surface area contributed by atoms with Crippen molar-refractivity contribution in [2.75, 3.05) is 32.7 Å². The number of hydrogen-bond acceptors (Lipinski definition) is 3. The smallest absolute Gasteiger partial charge is 0.311 e. The molecule has 2 amide bonds. The Morgan fingerprint density at radius 1 is 1.10 bits per heavy atom. The van der Waals surface area contributed by atoms with Gasteiger partial charge >= 0.3 is 11.8 Å². The fraction of sp³-hybridized carbons (Fsp3) is 0.875. The predicted octanol–water partition coefficient (Wildman–Crippen LogP) is 1.14. The van der Waals surface area contributed by atoms with Gasteiger partial charge in [-0.2, -0.15) is 0 Å². The molecule has 0 spiro atoms. The molecule has 2 rings (SSSR count). The summed E-state index contributed by atoms with van der Waals surface area (Å²) in [5, 5.41) is 6.09. The maximum absolute atomic E-state index is 12.1. The zero-order chi connectivity index (χ0) is 15.1. The summed E-state index contributed by atoms with van der Waals surface area (Å²) in [7, 11) is 0. The number of nitrogens with zero attached hydrogens (tertiary/aromatic N) is 1. The van der Waals surface area contributed by atoms with E-state index in [1.807, 2.05) is 0 Å². The average Bonchev–Trinajstić information content (AvgIpc) is 2.81. The number of nitrogens with one attached hydrogen (secondary N) is 2.